The first-order chi connectivity index (χ1) is 11.7. The smallest absolute Gasteiger partial charge is 0.233 e. The Morgan fingerprint density at radius 2 is 1.88 bits per heavy atom. The van der Waals surface area contributed by atoms with Crippen molar-refractivity contribution in [1.29, 1.82) is 0 Å². The van der Waals surface area contributed by atoms with Crippen molar-refractivity contribution in [2.45, 2.75) is 25.8 Å². The van der Waals surface area contributed by atoms with Gasteiger partial charge in [0, 0.05) is 12.1 Å². The topological polar surface area (TPSA) is 63.0 Å². The van der Waals surface area contributed by atoms with Crippen LogP contribution < -0.4 is 10.9 Å². The highest BCUT2D eigenvalue weighted by atomic mass is 16.5. The molecule has 0 saturated carbocycles. The lowest BCUT2D eigenvalue weighted by molar-refractivity contribution is 0.347. The first-order valence-electron chi connectivity index (χ1n) is 8.17. The van der Waals surface area contributed by atoms with E-state index in [9.17, 15) is 0 Å². The molecule has 2 unspecified atom stereocenters. The van der Waals surface area contributed by atoms with Crippen molar-refractivity contribution in [3.8, 4) is 11.4 Å². The average Bonchev–Trinajstić information content (AvgIpc) is 3.26. The fourth-order valence-corrected chi connectivity index (χ4v) is 3.09. The molecular weight excluding hydrogens is 300 g/mol. The van der Waals surface area contributed by atoms with Gasteiger partial charge in [-0.2, -0.15) is 4.98 Å². The number of rotatable bonds is 3. The summed E-state index contributed by atoms with van der Waals surface area (Å²) in [5, 5.41) is 4.19. The number of hydrogen-bond donors (Lipinski definition) is 2. The number of hydrogen-bond acceptors (Lipinski definition) is 5. The SMILES string of the molecule is Cc1ccc(-c2noc(C3CNNC3c3ccccc3)n2)cc1C. The normalized spacial score (nSPS) is 20.4. The van der Waals surface area contributed by atoms with Crippen molar-refractivity contribution in [3.05, 3.63) is 71.1 Å². The van der Waals surface area contributed by atoms with Crippen molar-refractivity contribution in [1.82, 2.24) is 21.0 Å². The summed E-state index contributed by atoms with van der Waals surface area (Å²) in [6.45, 7) is 4.95. The number of hydrazine groups is 1. The minimum absolute atomic E-state index is 0.111. The van der Waals surface area contributed by atoms with Crippen LogP contribution in [-0.2, 0) is 0 Å². The lowest BCUT2D eigenvalue weighted by Gasteiger charge is -2.15. The molecule has 1 aromatic heterocycles. The Balaban J connectivity index is 1.63. The fraction of sp³-hybridized carbons (Fsp3) is 0.263. The second-order valence-electron chi connectivity index (χ2n) is 6.28. The Hall–Kier alpha value is -2.50. The van der Waals surface area contributed by atoms with Gasteiger partial charge in [-0.15, -0.1) is 0 Å². The van der Waals surface area contributed by atoms with Gasteiger partial charge in [0.2, 0.25) is 11.7 Å². The zero-order valence-corrected chi connectivity index (χ0v) is 13.8. The predicted molar refractivity (Wildman–Crippen MR) is 92.3 cm³/mol. The molecule has 0 spiro atoms. The van der Waals surface area contributed by atoms with Crippen LogP contribution in [0.4, 0.5) is 0 Å². The van der Waals surface area contributed by atoms with E-state index in [2.05, 4.69) is 59.1 Å². The van der Waals surface area contributed by atoms with Crippen molar-refractivity contribution < 1.29 is 4.52 Å². The van der Waals surface area contributed by atoms with Crippen molar-refractivity contribution >= 4 is 0 Å². The van der Waals surface area contributed by atoms with Crippen molar-refractivity contribution in [2.24, 2.45) is 0 Å². The monoisotopic (exact) mass is 320 g/mol. The van der Waals surface area contributed by atoms with Crippen LogP contribution in [0.5, 0.6) is 0 Å². The Morgan fingerprint density at radius 3 is 2.67 bits per heavy atom. The lowest BCUT2D eigenvalue weighted by atomic mass is 9.95. The van der Waals surface area contributed by atoms with E-state index in [-0.39, 0.29) is 12.0 Å². The van der Waals surface area contributed by atoms with E-state index in [0.717, 1.165) is 12.1 Å². The zero-order chi connectivity index (χ0) is 16.5. The summed E-state index contributed by atoms with van der Waals surface area (Å²) < 4.78 is 5.58. The lowest BCUT2D eigenvalue weighted by Crippen LogP contribution is -2.24. The first kappa shape index (κ1) is 15.1. The number of aryl methyl sites for hydroxylation is 2. The van der Waals surface area contributed by atoms with Crippen LogP contribution in [0.2, 0.25) is 0 Å². The molecule has 1 aliphatic heterocycles. The van der Waals surface area contributed by atoms with Crippen LogP contribution in [-0.4, -0.2) is 16.7 Å². The van der Waals surface area contributed by atoms with Crippen LogP contribution in [0.15, 0.2) is 53.1 Å². The molecule has 3 aromatic rings. The van der Waals surface area contributed by atoms with Gasteiger partial charge in [0.05, 0.1) is 12.0 Å². The van der Waals surface area contributed by atoms with Crippen LogP contribution in [0.3, 0.4) is 0 Å². The minimum atomic E-state index is 0.111. The standard InChI is InChI=1S/C19H20N4O/c1-12-8-9-15(10-13(12)2)18-21-19(24-23-18)16-11-20-22-17(16)14-6-4-3-5-7-14/h3-10,16-17,20,22H,11H2,1-2H3. The molecule has 1 saturated heterocycles. The molecule has 0 radical (unpaired) electrons. The Labute approximate surface area is 141 Å². The van der Waals surface area contributed by atoms with E-state index in [1.54, 1.807) is 0 Å². The summed E-state index contributed by atoms with van der Waals surface area (Å²) in [4.78, 5) is 4.65. The summed E-state index contributed by atoms with van der Waals surface area (Å²) in [5.74, 6) is 1.42. The van der Waals surface area contributed by atoms with Gasteiger partial charge < -0.3 is 4.52 Å². The molecule has 0 aliphatic carbocycles. The first-order valence-corrected chi connectivity index (χ1v) is 8.17. The fourth-order valence-electron chi connectivity index (χ4n) is 3.09. The van der Waals surface area contributed by atoms with Crippen LogP contribution >= 0.6 is 0 Å². The van der Waals surface area contributed by atoms with E-state index < -0.39 is 0 Å². The molecule has 122 valence electrons. The summed E-state index contributed by atoms with van der Waals surface area (Å²) in [7, 11) is 0. The maximum Gasteiger partial charge on any atom is 0.233 e. The van der Waals surface area contributed by atoms with E-state index in [4.69, 9.17) is 4.52 Å². The van der Waals surface area contributed by atoms with Crippen LogP contribution in [0.25, 0.3) is 11.4 Å². The van der Waals surface area contributed by atoms with Gasteiger partial charge in [0.1, 0.15) is 0 Å². The molecule has 0 bridgehead atoms. The summed E-state index contributed by atoms with van der Waals surface area (Å²) in [6, 6.07) is 16.7. The predicted octanol–water partition coefficient (Wildman–Crippen LogP) is 3.29. The third-order valence-electron chi connectivity index (χ3n) is 4.66. The number of benzene rings is 2. The van der Waals surface area contributed by atoms with Gasteiger partial charge in [-0.05, 0) is 36.6 Å². The summed E-state index contributed by atoms with van der Waals surface area (Å²) in [6.07, 6.45) is 0. The molecule has 5 heteroatoms. The molecule has 2 aromatic carbocycles. The second kappa shape index (κ2) is 6.19. The van der Waals surface area contributed by atoms with E-state index in [0.29, 0.717) is 11.7 Å². The number of aromatic nitrogens is 2. The van der Waals surface area contributed by atoms with Crippen LogP contribution in [0, 0.1) is 13.8 Å². The van der Waals surface area contributed by atoms with E-state index >= 15 is 0 Å². The van der Waals surface area contributed by atoms with Gasteiger partial charge in [-0.1, -0.05) is 47.6 Å². The van der Waals surface area contributed by atoms with Gasteiger partial charge in [-0.25, -0.2) is 5.43 Å². The van der Waals surface area contributed by atoms with Gasteiger partial charge in [0.15, 0.2) is 0 Å². The number of nitrogens with one attached hydrogen (secondary N) is 2. The second-order valence-corrected chi connectivity index (χ2v) is 6.28. The van der Waals surface area contributed by atoms with Gasteiger partial charge in [0.25, 0.3) is 0 Å². The van der Waals surface area contributed by atoms with Gasteiger partial charge >= 0.3 is 0 Å². The molecule has 4 rings (SSSR count). The number of nitrogens with zero attached hydrogens (tertiary/aromatic N) is 2. The molecule has 5 nitrogen and oxygen atoms in total. The Bertz CT molecular complexity index is 844. The largest absolute Gasteiger partial charge is 0.339 e. The van der Waals surface area contributed by atoms with E-state index in [1.807, 2.05) is 24.3 Å². The molecule has 1 fully saturated rings. The molecule has 0 amide bonds. The van der Waals surface area contributed by atoms with Crippen LogP contribution in [0.1, 0.15) is 34.5 Å². The molecule has 24 heavy (non-hydrogen) atoms. The van der Waals surface area contributed by atoms with Gasteiger partial charge in [-0.3, -0.25) is 5.43 Å². The highest BCUT2D eigenvalue weighted by molar-refractivity contribution is 5.56. The average molecular weight is 320 g/mol. The Kier molecular flexibility index (Phi) is 3.88. The molecular formula is C19H20N4O. The highest BCUT2D eigenvalue weighted by Crippen LogP contribution is 2.33. The maximum absolute atomic E-state index is 5.58. The molecule has 2 heterocycles. The van der Waals surface area contributed by atoms with E-state index in [1.165, 1.54) is 16.7 Å². The quantitative estimate of drug-likeness (QED) is 0.775. The molecule has 2 N–H and O–H groups in total. The molecule has 1 aliphatic rings. The molecule has 2 atom stereocenters. The van der Waals surface area contributed by atoms with Crippen molar-refractivity contribution in [2.75, 3.05) is 6.54 Å². The highest BCUT2D eigenvalue weighted by Gasteiger charge is 2.33. The maximum atomic E-state index is 5.58. The Morgan fingerprint density at radius 1 is 1.04 bits per heavy atom. The van der Waals surface area contributed by atoms with Crippen molar-refractivity contribution in [3.63, 3.8) is 0 Å². The zero-order valence-electron chi connectivity index (χ0n) is 13.8. The minimum Gasteiger partial charge on any atom is -0.339 e. The summed E-state index contributed by atoms with van der Waals surface area (Å²) >= 11 is 0. The third-order valence-corrected chi connectivity index (χ3v) is 4.66. The third kappa shape index (κ3) is 2.72. The summed E-state index contributed by atoms with van der Waals surface area (Å²) in [5.41, 5.74) is 11.2.